The minimum absolute atomic E-state index is 0.162. The lowest BCUT2D eigenvalue weighted by molar-refractivity contribution is 0.476. The van der Waals surface area contributed by atoms with E-state index in [1.807, 2.05) is 30.3 Å². The molecule has 1 N–H and O–H groups in total. The van der Waals surface area contributed by atoms with E-state index < -0.39 is 0 Å². The highest BCUT2D eigenvalue weighted by Gasteiger charge is 2.20. The fourth-order valence-corrected chi connectivity index (χ4v) is 5.07. The normalized spacial score (nSPS) is 11.9. The molecule has 150 valence electrons. The van der Waals surface area contributed by atoms with Crippen molar-refractivity contribution < 1.29 is 9.52 Å². The largest absolute Gasteiger partial charge is 0.507 e. The molecule has 0 saturated carbocycles. The van der Waals surface area contributed by atoms with Crippen molar-refractivity contribution in [1.82, 2.24) is 4.98 Å². The summed E-state index contributed by atoms with van der Waals surface area (Å²) in [5.74, 6) is 0.162. The van der Waals surface area contributed by atoms with Crippen molar-refractivity contribution in [2.75, 3.05) is 0 Å². The summed E-state index contributed by atoms with van der Waals surface area (Å²) in [5.41, 5.74) is 2.77. The van der Waals surface area contributed by atoms with Crippen molar-refractivity contribution in [3.63, 3.8) is 0 Å². The molecular formula is C29H17NO2. The molecule has 0 fully saturated rings. The molecule has 2 aromatic heterocycles. The molecule has 0 unspecified atom stereocenters. The Bertz CT molecular complexity index is 1800. The Kier molecular flexibility index (Phi) is 3.42. The number of fused-ring (bicyclic) bond motifs is 10. The zero-order valence-electron chi connectivity index (χ0n) is 17.0. The van der Waals surface area contributed by atoms with Crippen molar-refractivity contribution >= 4 is 54.3 Å². The standard InChI is InChI=1S/C29H17NO2/c31-24-14-12-22-27-25(32-29(22)28(24)23-11-5-6-16-30-23)15-13-21-19-9-2-1-7-17(19)18-8-3-4-10-20(18)26(21)27/h1-16,31H. The lowest BCUT2D eigenvalue weighted by Crippen LogP contribution is -1.85. The van der Waals surface area contributed by atoms with Crippen LogP contribution >= 0.6 is 0 Å². The third-order valence-corrected chi connectivity index (χ3v) is 6.41. The van der Waals surface area contributed by atoms with Gasteiger partial charge in [0.2, 0.25) is 0 Å². The van der Waals surface area contributed by atoms with Crippen LogP contribution in [0.25, 0.3) is 65.5 Å². The highest BCUT2D eigenvalue weighted by atomic mass is 16.3. The van der Waals surface area contributed by atoms with Gasteiger partial charge in [0.05, 0.1) is 11.3 Å². The molecule has 7 aromatic rings. The lowest BCUT2D eigenvalue weighted by Gasteiger charge is -2.11. The van der Waals surface area contributed by atoms with E-state index in [1.54, 1.807) is 12.3 Å². The van der Waals surface area contributed by atoms with Crippen LogP contribution in [-0.2, 0) is 0 Å². The summed E-state index contributed by atoms with van der Waals surface area (Å²) in [6, 6.07) is 30.6. The van der Waals surface area contributed by atoms with Crippen molar-refractivity contribution in [2.45, 2.75) is 0 Å². The van der Waals surface area contributed by atoms with Crippen LogP contribution in [-0.4, -0.2) is 10.1 Å². The summed E-state index contributed by atoms with van der Waals surface area (Å²) >= 11 is 0. The van der Waals surface area contributed by atoms with Crippen LogP contribution in [0.15, 0.2) is 102 Å². The van der Waals surface area contributed by atoms with Crippen molar-refractivity contribution in [3.8, 4) is 17.0 Å². The highest BCUT2D eigenvalue weighted by molar-refractivity contribution is 6.34. The van der Waals surface area contributed by atoms with Gasteiger partial charge in [-0.25, -0.2) is 0 Å². The van der Waals surface area contributed by atoms with E-state index in [2.05, 4.69) is 59.6 Å². The molecule has 2 heterocycles. The molecule has 3 heteroatoms. The second-order valence-electron chi connectivity index (χ2n) is 8.11. The summed E-state index contributed by atoms with van der Waals surface area (Å²) in [5, 5.41) is 20.0. The fourth-order valence-electron chi connectivity index (χ4n) is 5.07. The van der Waals surface area contributed by atoms with E-state index >= 15 is 0 Å². The average Bonchev–Trinajstić information content (AvgIpc) is 3.23. The number of phenolic OH excluding ortho intramolecular Hbond substituents is 1. The molecule has 32 heavy (non-hydrogen) atoms. The summed E-state index contributed by atoms with van der Waals surface area (Å²) in [6.07, 6.45) is 1.73. The Hall–Kier alpha value is -4.37. The second-order valence-corrected chi connectivity index (χ2v) is 8.11. The van der Waals surface area contributed by atoms with E-state index in [0.717, 1.165) is 16.4 Å². The predicted molar refractivity (Wildman–Crippen MR) is 131 cm³/mol. The molecule has 3 nitrogen and oxygen atoms in total. The molecule has 0 amide bonds. The maximum Gasteiger partial charge on any atom is 0.148 e. The quantitative estimate of drug-likeness (QED) is 0.280. The van der Waals surface area contributed by atoms with Gasteiger partial charge in [-0.3, -0.25) is 4.98 Å². The summed E-state index contributed by atoms with van der Waals surface area (Å²) in [6.45, 7) is 0. The van der Waals surface area contributed by atoms with Crippen molar-refractivity contribution in [2.24, 2.45) is 0 Å². The number of aromatic hydroxyl groups is 1. The van der Waals surface area contributed by atoms with Crippen molar-refractivity contribution in [3.05, 3.63) is 97.2 Å². The Labute approximate surface area is 183 Å². The molecule has 7 rings (SSSR count). The van der Waals surface area contributed by atoms with Crippen LogP contribution < -0.4 is 0 Å². The number of aromatic nitrogens is 1. The zero-order chi connectivity index (χ0) is 21.2. The van der Waals surface area contributed by atoms with Crippen molar-refractivity contribution in [1.29, 1.82) is 0 Å². The summed E-state index contributed by atoms with van der Waals surface area (Å²) in [7, 11) is 0. The maximum atomic E-state index is 10.7. The number of furan rings is 1. The first-order valence-electron chi connectivity index (χ1n) is 10.6. The Balaban J connectivity index is 1.76. The average molecular weight is 411 g/mol. The second kappa shape index (κ2) is 6.32. The maximum absolute atomic E-state index is 10.7. The molecule has 0 saturated heterocycles. The Morgan fingerprint density at radius 2 is 1.19 bits per heavy atom. The van der Waals surface area contributed by atoms with Gasteiger partial charge in [-0.1, -0.05) is 54.6 Å². The van der Waals surface area contributed by atoms with Crippen LogP contribution in [0.4, 0.5) is 0 Å². The third kappa shape index (κ3) is 2.22. The van der Waals surface area contributed by atoms with E-state index in [-0.39, 0.29) is 5.75 Å². The van der Waals surface area contributed by atoms with Gasteiger partial charge in [-0.2, -0.15) is 0 Å². The van der Waals surface area contributed by atoms with Gasteiger partial charge < -0.3 is 9.52 Å². The minimum Gasteiger partial charge on any atom is -0.507 e. The SMILES string of the molecule is Oc1ccc2c(oc3ccc4c5ccccc5c5ccccc5c4c32)c1-c1ccccn1. The minimum atomic E-state index is 0.162. The van der Waals surface area contributed by atoms with Gasteiger partial charge in [0.25, 0.3) is 0 Å². The Morgan fingerprint density at radius 1 is 0.562 bits per heavy atom. The third-order valence-electron chi connectivity index (χ3n) is 6.41. The van der Waals surface area contributed by atoms with Gasteiger partial charge >= 0.3 is 0 Å². The number of benzene rings is 5. The van der Waals surface area contributed by atoms with Crippen LogP contribution in [0.3, 0.4) is 0 Å². The number of phenols is 1. The monoisotopic (exact) mass is 411 g/mol. The van der Waals surface area contributed by atoms with E-state index in [0.29, 0.717) is 16.8 Å². The van der Waals surface area contributed by atoms with Gasteiger partial charge in [0.1, 0.15) is 16.9 Å². The molecule has 0 atom stereocenters. The summed E-state index contributed by atoms with van der Waals surface area (Å²) in [4.78, 5) is 4.46. The molecule has 5 aromatic carbocycles. The van der Waals surface area contributed by atoms with Crippen LogP contribution in [0.1, 0.15) is 0 Å². The first kappa shape index (κ1) is 17.3. The van der Waals surface area contributed by atoms with Gasteiger partial charge in [0.15, 0.2) is 0 Å². The number of hydrogen-bond donors (Lipinski definition) is 1. The van der Waals surface area contributed by atoms with E-state index in [4.69, 9.17) is 4.42 Å². The van der Waals surface area contributed by atoms with Crippen LogP contribution in [0.5, 0.6) is 5.75 Å². The molecule has 0 radical (unpaired) electrons. The zero-order valence-corrected chi connectivity index (χ0v) is 17.0. The molecule has 0 bridgehead atoms. The number of pyridine rings is 1. The number of rotatable bonds is 1. The van der Waals surface area contributed by atoms with E-state index in [9.17, 15) is 5.11 Å². The Morgan fingerprint density at radius 3 is 1.91 bits per heavy atom. The number of hydrogen-bond acceptors (Lipinski definition) is 3. The van der Waals surface area contributed by atoms with Gasteiger partial charge in [-0.15, -0.1) is 0 Å². The smallest absolute Gasteiger partial charge is 0.148 e. The van der Waals surface area contributed by atoms with Crippen LogP contribution in [0.2, 0.25) is 0 Å². The van der Waals surface area contributed by atoms with Gasteiger partial charge in [-0.05, 0) is 63.3 Å². The first-order valence-corrected chi connectivity index (χ1v) is 10.6. The molecular weight excluding hydrogens is 394 g/mol. The van der Waals surface area contributed by atoms with Crippen LogP contribution in [0, 0.1) is 0 Å². The fraction of sp³-hybridized carbons (Fsp3) is 0. The summed E-state index contributed by atoms with van der Waals surface area (Å²) < 4.78 is 6.39. The molecule has 0 spiro atoms. The van der Waals surface area contributed by atoms with Gasteiger partial charge in [0, 0.05) is 22.4 Å². The highest BCUT2D eigenvalue weighted by Crippen LogP contribution is 2.45. The van der Waals surface area contributed by atoms with E-state index in [1.165, 1.54) is 32.3 Å². The molecule has 0 aliphatic rings. The molecule has 0 aliphatic heterocycles. The molecule has 0 aliphatic carbocycles. The topological polar surface area (TPSA) is 46.3 Å². The number of nitrogens with zero attached hydrogens (tertiary/aromatic N) is 1. The first-order chi connectivity index (χ1) is 15.8. The predicted octanol–water partition coefficient (Wildman–Crippen LogP) is 7.81. The lowest BCUT2D eigenvalue weighted by atomic mass is 9.91.